The van der Waals surface area contributed by atoms with Gasteiger partial charge in [-0.15, -0.1) is 0 Å². The molecule has 1 heterocycles. The van der Waals surface area contributed by atoms with E-state index in [1.165, 1.54) is 54.8 Å². The third kappa shape index (κ3) is 4.86. The zero-order valence-corrected chi connectivity index (χ0v) is 19.3. The van der Waals surface area contributed by atoms with Crippen molar-refractivity contribution >= 4 is 5.91 Å². The van der Waals surface area contributed by atoms with Gasteiger partial charge >= 0.3 is 0 Å². The minimum Gasteiger partial charge on any atom is -0.338 e. The summed E-state index contributed by atoms with van der Waals surface area (Å²) in [5.74, 6) is -0.191. The fourth-order valence-electron chi connectivity index (χ4n) is 5.23. The molecule has 0 spiro atoms. The Labute approximate surface area is 195 Å². The van der Waals surface area contributed by atoms with Crippen LogP contribution in [0.3, 0.4) is 0 Å². The van der Waals surface area contributed by atoms with Crippen LogP contribution in [0.5, 0.6) is 0 Å². The first-order valence-corrected chi connectivity index (χ1v) is 12.0. The summed E-state index contributed by atoms with van der Waals surface area (Å²) in [5, 5.41) is 0. The number of aryl methyl sites for hydroxylation is 1. The zero-order valence-electron chi connectivity index (χ0n) is 19.3. The lowest BCUT2D eigenvalue weighted by molar-refractivity contribution is 0.0719. The van der Waals surface area contributed by atoms with Gasteiger partial charge in [0.15, 0.2) is 0 Å². The molecule has 4 heteroatoms. The van der Waals surface area contributed by atoms with Gasteiger partial charge in [-0.25, -0.2) is 4.39 Å². The first-order valence-electron chi connectivity index (χ1n) is 12.0. The van der Waals surface area contributed by atoms with Crippen LogP contribution in [-0.4, -0.2) is 41.9 Å². The number of hydrogen-bond donors (Lipinski definition) is 0. The van der Waals surface area contributed by atoms with Crippen LogP contribution < -0.4 is 0 Å². The van der Waals surface area contributed by atoms with E-state index in [2.05, 4.69) is 23.1 Å². The number of hydrogen-bond acceptors (Lipinski definition) is 2. The van der Waals surface area contributed by atoms with Crippen LogP contribution in [0.2, 0.25) is 0 Å². The van der Waals surface area contributed by atoms with E-state index >= 15 is 0 Å². The Morgan fingerprint density at radius 1 is 0.939 bits per heavy atom. The Hall–Kier alpha value is -2.98. The molecule has 2 aliphatic rings. The quantitative estimate of drug-likeness (QED) is 0.505. The molecule has 170 valence electrons. The van der Waals surface area contributed by atoms with Gasteiger partial charge in [-0.05, 0) is 97.3 Å². The Kier molecular flexibility index (Phi) is 6.28. The minimum atomic E-state index is -0.246. The molecular formula is C29H31FN2O. The molecule has 0 aromatic heterocycles. The smallest absolute Gasteiger partial charge is 0.253 e. The van der Waals surface area contributed by atoms with Crippen molar-refractivity contribution in [3.8, 4) is 11.1 Å². The molecule has 3 nitrogen and oxygen atoms in total. The number of benzene rings is 3. The van der Waals surface area contributed by atoms with Crippen molar-refractivity contribution in [1.82, 2.24) is 9.80 Å². The number of rotatable bonds is 5. The third-order valence-corrected chi connectivity index (χ3v) is 7.26. The van der Waals surface area contributed by atoms with E-state index < -0.39 is 0 Å². The van der Waals surface area contributed by atoms with Crippen LogP contribution in [0, 0.1) is 5.82 Å². The molecular weight excluding hydrogens is 411 g/mol. The van der Waals surface area contributed by atoms with Gasteiger partial charge in [-0.1, -0.05) is 42.5 Å². The Bertz CT molecular complexity index is 1120. The molecule has 0 bridgehead atoms. The van der Waals surface area contributed by atoms with Crippen molar-refractivity contribution in [3.05, 3.63) is 94.8 Å². The highest BCUT2D eigenvalue weighted by Gasteiger charge is 2.26. The van der Waals surface area contributed by atoms with Crippen LogP contribution in [0.25, 0.3) is 11.1 Å². The van der Waals surface area contributed by atoms with E-state index in [1.54, 1.807) is 12.1 Å². The lowest BCUT2D eigenvalue weighted by atomic mass is 9.86. The summed E-state index contributed by atoms with van der Waals surface area (Å²) < 4.78 is 13.2. The maximum absolute atomic E-state index is 13.2. The summed E-state index contributed by atoms with van der Waals surface area (Å²) in [6, 6.07) is 21.2. The molecule has 1 aliphatic heterocycles. The highest BCUT2D eigenvalue weighted by Crippen LogP contribution is 2.27. The fraction of sp³-hybridized carbons (Fsp3) is 0.345. The number of amides is 1. The lowest BCUT2D eigenvalue weighted by Gasteiger charge is -2.33. The highest BCUT2D eigenvalue weighted by molar-refractivity contribution is 5.94. The van der Waals surface area contributed by atoms with Crippen molar-refractivity contribution in [3.63, 3.8) is 0 Å². The molecule has 3 aromatic rings. The standard InChI is InChI=1S/C29H31FN2O/c1-31(29(33)24-8-6-22(7-9-24)23-10-13-27(30)14-11-23)28-15-12-25-18-21(4-5-26(25)19-28)20-32-16-2-3-17-32/h4-11,13-14,18,28H,2-3,12,15-17,19-20H2,1H3. The Morgan fingerprint density at radius 3 is 2.30 bits per heavy atom. The number of halogens is 1. The van der Waals surface area contributed by atoms with Gasteiger partial charge in [0, 0.05) is 25.2 Å². The number of likely N-dealkylation sites (tertiary alicyclic amines) is 1. The summed E-state index contributed by atoms with van der Waals surface area (Å²) in [6.07, 6.45) is 5.57. The largest absolute Gasteiger partial charge is 0.338 e. The predicted octanol–water partition coefficient (Wildman–Crippen LogP) is 5.72. The summed E-state index contributed by atoms with van der Waals surface area (Å²) in [4.78, 5) is 17.6. The van der Waals surface area contributed by atoms with E-state index in [0.717, 1.165) is 36.9 Å². The first kappa shape index (κ1) is 21.8. The molecule has 1 unspecified atom stereocenters. The topological polar surface area (TPSA) is 23.6 Å². The average Bonchev–Trinajstić information content (AvgIpc) is 3.36. The summed E-state index contributed by atoms with van der Waals surface area (Å²) >= 11 is 0. The van der Waals surface area contributed by atoms with Crippen molar-refractivity contribution in [2.24, 2.45) is 0 Å². The van der Waals surface area contributed by atoms with Gasteiger partial charge in [0.1, 0.15) is 5.82 Å². The second-order valence-corrected chi connectivity index (χ2v) is 9.48. The third-order valence-electron chi connectivity index (χ3n) is 7.26. The molecule has 1 saturated heterocycles. The van der Waals surface area contributed by atoms with Gasteiger partial charge in [-0.3, -0.25) is 9.69 Å². The van der Waals surface area contributed by atoms with Crippen LogP contribution in [-0.2, 0) is 19.4 Å². The van der Waals surface area contributed by atoms with Crippen LogP contribution in [0.1, 0.15) is 46.3 Å². The van der Waals surface area contributed by atoms with Gasteiger partial charge in [0.25, 0.3) is 5.91 Å². The molecule has 5 rings (SSSR count). The van der Waals surface area contributed by atoms with Crippen LogP contribution in [0.15, 0.2) is 66.7 Å². The van der Waals surface area contributed by atoms with Crippen LogP contribution >= 0.6 is 0 Å². The molecule has 33 heavy (non-hydrogen) atoms. The van der Waals surface area contributed by atoms with E-state index in [9.17, 15) is 9.18 Å². The molecule has 1 fully saturated rings. The van der Waals surface area contributed by atoms with Gasteiger partial charge in [0.2, 0.25) is 0 Å². The highest BCUT2D eigenvalue weighted by atomic mass is 19.1. The molecule has 0 N–H and O–H groups in total. The van der Waals surface area contributed by atoms with Gasteiger partial charge < -0.3 is 4.90 Å². The van der Waals surface area contributed by atoms with Crippen molar-refractivity contribution < 1.29 is 9.18 Å². The normalized spacial score (nSPS) is 18.2. The Morgan fingerprint density at radius 2 is 1.61 bits per heavy atom. The summed E-state index contributed by atoms with van der Waals surface area (Å²) in [7, 11) is 1.92. The van der Waals surface area contributed by atoms with Gasteiger partial charge in [-0.2, -0.15) is 0 Å². The summed E-state index contributed by atoms with van der Waals surface area (Å²) in [6.45, 7) is 3.50. The first-order chi connectivity index (χ1) is 16.1. The molecule has 3 aromatic carbocycles. The number of fused-ring (bicyclic) bond motifs is 1. The second-order valence-electron chi connectivity index (χ2n) is 9.48. The monoisotopic (exact) mass is 442 g/mol. The van der Waals surface area contributed by atoms with Crippen molar-refractivity contribution in [1.29, 1.82) is 0 Å². The van der Waals surface area contributed by atoms with Crippen molar-refractivity contribution in [2.75, 3.05) is 20.1 Å². The van der Waals surface area contributed by atoms with E-state index in [-0.39, 0.29) is 17.8 Å². The fourth-order valence-corrected chi connectivity index (χ4v) is 5.23. The van der Waals surface area contributed by atoms with E-state index in [4.69, 9.17) is 0 Å². The zero-order chi connectivity index (χ0) is 22.8. The number of carbonyl (C=O) groups is 1. The lowest BCUT2D eigenvalue weighted by Crippen LogP contribution is -2.40. The molecule has 0 radical (unpaired) electrons. The maximum Gasteiger partial charge on any atom is 0.253 e. The average molecular weight is 443 g/mol. The number of nitrogens with zero attached hydrogens (tertiary/aromatic N) is 2. The predicted molar refractivity (Wildman–Crippen MR) is 131 cm³/mol. The molecule has 1 atom stereocenters. The van der Waals surface area contributed by atoms with Gasteiger partial charge in [0.05, 0.1) is 0 Å². The van der Waals surface area contributed by atoms with E-state index in [0.29, 0.717) is 5.56 Å². The van der Waals surface area contributed by atoms with E-state index in [1.807, 2.05) is 36.2 Å². The van der Waals surface area contributed by atoms with Crippen molar-refractivity contribution in [2.45, 2.75) is 44.7 Å². The molecule has 0 saturated carbocycles. The maximum atomic E-state index is 13.2. The SMILES string of the molecule is CN(C(=O)c1ccc(-c2ccc(F)cc2)cc1)C1CCc2cc(CN3CCCC3)ccc2C1. The molecule has 1 aliphatic carbocycles. The Balaban J connectivity index is 1.24. The second kappa shape index (κ2) is 9.48. The number of likely N-dealkylation sites (N-methyl/N-ethyl adjacent to an activating group) is 1. The molecule has 1 amide bonds. The summed E-state index contributed by atoms with van der Waals surface area (Å²) in [5.41, 5.74) is 6.85. The number of carbonyl (C=O) groups excluding carboxylic acids is 1. The van der Waals surface area contributed by atoms with Crippen LogP contribution in [0.4, 0.5) is 4.39 Å². The minimum absolute atomic E-state index is 0.0553.